The highest BCUT2D eigenvalue weighted by molar-refractivity contribution is 7.14. The second-order valence-corrected chi connectivity index (χ2v) is 4.59. The first-order valence-electron chi connectivity index (χ1n) is 3.18. The molecule has 62 valence electrons. The number of thiazole rings is 1. The van der Waals surface area contributed by atoms with E-state index in [2.05, 4.69) is 4.98 Å². The molecule has 0 atom stereocenters. The number of H-pyrrole nitrogens is 1. The van der Waals surface area contributed by atoms with Gasteiger partial charge in [0, 0.05) is 16.3 Å². The molecule has 0 unspecified atom stereocenters. The molecule has 2 aromatic rings. The van der Waals surface area contributed by atoms with Crippen LogP contribution in [0.5, 0.6) is 0 Å². The zero-order chi connectivity index (χ0) is 8.55. The molecule has 2 rings (SSSR count). The van der Waals surface area contributed by atoms with E-state index >= 15 is 0 Å². The van der Waals surface area contributed by atoms with E-state index in [1.807, 2.05) is 11.4 Å². The number of hydrogen-bond donors (Lipinski definition) is 1. The number of thiophene rings is 1. The maximum atomic E-state index is 10.8. The fourth-order valence-electron chi connectivity index (χ4n) is 0.873. The molecule has 0 saturated carbocycles. The van der Waals surface area contributed by atoms with Crippen molar-refractivity contribution in [1.82, 2.24) is 4.98 Å². The lowest BCUT2D eigenvalue weighted by molar-refractivity contribution is 1.35. The van der Waals surface area contributed by atoms with Crippen molar-refractivity contribution in [3.05, 3.63) is 30.8 Å². The normalized spacial score (nSPS) is 10.4. The van der Waals surface area contributed by atoms with Crippen LogP contribution in [0, 0.1) is 0 Å². The summed E-state index contributed by atoms with van der Waals surface area (Å²) in [5, 5.41) is 3.71. The van der Waals surface area contributed by atoms with Gasteiger partial charge in [0.25, 0.3) is 0 Å². The predicted molar refractivity (Wildman–Crippen MR) is 53.3 cm³/mol. The predicted octanol–water partition coefficient (Wildman–Crippen LogP) is 2.82. The summed E-state index contributed by atoms with van der Waals surface area (Å²) >= 11 is 8.36. The molecule has 0 spiro atoms. The van der Waals surface area contributed by atoms with Crippen molar-refractivity contribution in [3.8, 4) is 11.3 Å². The van der Waals surface area contributed by atoms with E-state index in [4.69, 9.17) is 11.6 Å². The first-order chi connectivity index (χ1) is 5.75. The summed E-state index contributed by atoms with van der Waals surface area (Å²) in [6, 6.07) is 1.84. The molecule has 0 amide bonds. The zero-order valence-electron chi connectivity index (χ0n) is 5.83. The highest BCUT2D eigenvalue weighted by Crippen LogP contribution is 2.27. The molecule has 2 heterocycles. The lowest BCUT2D eigenvalue weighted by Gasteiger charge is -1.86. The minimum Gasteiger partial charge on any atom is -0.312 e. The number of aromatic amines is 1. The van der Waals surface area contributed by atoms with Gasteiger partial charge in [-0.25, -0.2) is 0 Å². The van der Waals surface area contributed by atoms with Crippen molar-refractivity contribution in [1.29, 1.82) is 0 Å². The number of rotatable bonds is 1. The van der Waals surface area contributed by atoms with Gasteiger partial charge in [-0.3, -0.25) is 4.79 Å². The van der Waals surface area contributed by atoms with Crippen LogP contribution in [0.3, 0.4) is 0 Å². The van der Waals surface area contributed by atoms with Gasteiger partial charge in [0.15, 0.2) is 0 Å². The molecule has 0 radical (unpaired) electrons. The van der Waals surface area contributed by atoms with Crippen LogP contribution in [-0.4, -0.2) is 4.98 Å². The molecule has 0 aliphatic carbocycles. The molecule has 0 saturated heterocycles. The second kappa shape index (κ2) is 3.05. The molecule has 2 aromatic heterocycles. The first-order valence-corrected chi connectivity index (χ1v) is 5.31. The second-order valence-electron chi connectivity index (χ2n) is 2.20. The highest BCUT2D eigenvalue weighted by atomic mass is 35.5. The van der Waals surface area contributed by atoms with Gasteiger partial charge in [0.05, 0.1) is 10.0 Å². The third-order valence-corrected chi connectivity index (χ3v) is 3.16. The first kappa shape index (κ1) is 8.04. The molecule has 0 aliphatic heterocycles. The maximum absolute atomic E-state index is 10.8. The average molecular weight is 218 g/mol. The van der Waals surface area contributed by atoms with Gasteiger partial charge in [-0.2, -0.15) is 0 Å². The molecule has 2 nitrogen and oxygen atoms in total. The Morgan fingerprint density at radius 2 is 2.17 bits per heavy atom. The monoisotopic (exact) mass is 217 g/mol. The molecule has 0 fully saturated rings. The topological polar surface area (TPSA) is 32.9 Å². The van der Waals surface area contributed by atoms with E-state index in [1.165, 1.54) is 11.3 Å². The largest absolute Gasteiger partial charge is 0.312 e. The van der Waals surface area contributed by atoms with E-state index in [0.717, 1.165) is 26.9 Å². The number of aromatic nitrogens is 1. The van der Waals surface area contributed by atoms with Gasteiger partial charge >= 0.3 is 4.87 Å². The van der Waals surface area contributed by atoms with E-state index in [0.29, 0.717) is 0 Å². The standard InChI is InChI=1S/C7H4ClNOS2/c8-6-1-4(2-11-6)5-3-12-7(10)9-5/h1-3H,(H,9,10). The fourth-order valence-corrected chi connectivity index (χ4v) is 2.34. The molecular formula is C7H4ClNOS2. The van der Waals surface area contributed by atoms with Crippen molar-refractivity contribution < 1.29 is 0 Å². The summed E-state index contributed by atoms with van der Waals surface area (Å²) in [7, 11) is 0. The van der Waals surface area contributed by atoms with Gasteiger partial charge < -0.3 is 4.98 Å². The van der Waals surface area contributed by atoms with Crippen molar-refractivity contribution in [2.45, 2.75) is 0 Å². The molecule has 0 bridgehead atoms. The van der Waals surface area contributed by atoms with Crippen LogP contribution in [0.15, 0.2) is 21.6 Å². The van der Waals surface area contributed by atoms with Crippen LogP contribution >= 0.6 is 34.3 Å². The molecular weight excluding hydrogens is 214 g/mol. The number of halogens is 1. The maximum Gasteiger partial charge on any atom is 0.304 e. The molecule has 5 heteroatoms. The minimum absolute atomic E-state index is 0.0349. The van der Waals surface area contributed by atoms with Crippen LogP contribution in [0.4, 0.5) is 0 Å². The summed E-state index contributed by atoms with van der Waals surface area (Å²) in [6.45, 7) is 0. The lowest BCUT2D eigenvalue weighted by Crippen LogP contribution is -1.91. The van der Waals surface area contributed by atoms with Crippen molar-refractivity contribution >= 4 is 34.3 Å². The Hall–Kier alpha value is -0.580. The van der Waals surface area contributed by atoms with Gasteiger partial charge in [0.1, 0.15) is 0 Å². The Morgan fingerprint density at radius 3 is 2.67 bits per heavy atom. The number of hydrogen-bond acceptors (Lipinski definition) is 3. The van der Waals surface area contributed by atoms with E-state index in [-0.39, 0.29) is 4.87 Å². The van der Waals surface area contributed by atoms with Gasteiger partial charge in [-0.05, 0) is 6.07 Å². The summed E-state index contributed by atoms with van der Waals surface area (Å²) < 4.78 is 0.733. The SMILES string of the molecule is O=c1[nH]c(-c2csc(Cl)c2)cs1. The average Bonchev–Trinajstić information content (AvgIpc) is 2.58. The lowest BCUT2D eigenvalue weighted by atomic mass is 10.3. The molecule has 12 heavy (non-hydrogen) atoms. The van der Waals surface area contributed by atoms with Crippen molar-refractivity contribution in [3.63, 3.8) is 0 Å². The van der Waals surface area contributed by atoms with Crippen molar-refractivity contribution in [2.24, 2.45) is 0 Å². The Balaban J connectivity index is 2.50. The smallest absolute Gasteiger partial charge is 0.304 e. The van der Waals surface area contributed by atoms with Gasteiger partial charge in [0.2, 0.25) is 0 Å². The Labute approximate surface area is 81.5 Å². The zero-order valence-corrected chi connectivity index (χ0v) is 8.22. The van der Waals surface area contributed by atoms with E-state index in [9.17, 15) is 4.79 Å². The number of nitrogens with one attached hydrogen (secondary N) is 1. The van der Waals surface area contributed by atoms with Crippen LogP contribution < -0.4 is 4.87 Å². The van der Waals surface area contributed by atoms with Crippen LogP contribution in [-0.2, 0) is 0 Å². The van der Waals surface area contributed by atoms with E-state index in [1.54, 1.807) is 5.38 Å². The van der Waals surface area contributed by atoms with Gasteiger partial charge in [-0.1, -0.05) is 22.9 Å². The summed E-state index contributed by atoms with van der Waals surface area (Å²) in [4.78, 5) is 13.5. The van der Waals surface area contributed by atoms with E-state index < -0.39 is 0 Å². The Bertz CT molecular complexity index is 442. The highest BCUT2D eigenvalue weighted by Gasteiger charge is 2.02. The fraction of sp³-hybridized carbons (Fsp3) is 0. The van der Waals surface area contributed by atoms with Crippen molar-refractivity contribution in [2.75, 3.05) is 0 Å². The van der Waals surface area contributed by atoms with Gasteiger partial charge in [-0.15, -0.1) is 11.3 Å². The Morgan fingerprint density at radius 1 is 1.33 bits per heavy atom. The van der Waals surface area contributed by atoms with Crippen LogP contribution in [0.25, 0.3) is 11.3 Å². The summed E-state index contributed by atoms with van der Waals surface area (Å²) in [5.41, 5.74) is 1.82. The quantitative estimate of drug-likeness (QED) is 0.783. The van der Waals surface area contributed by atoms with Crippen LogP contribution in [0.2, 0.25) is 4.34 Å². The Kier molecular flexibility index (Phi) is 2.04. The van der Waals surface area contributed by atoms with Crippen LogP contribution in [0.1, 0.15) is 0 Å². The molecule has 0 aromatic carbocycles. The third kappa shape index (κ3) is 1.46. The third-order valence-electron chi connectivity index (χ3n) is 1.40. The minimum atomic E-state index is -0.0349. The molecule has 0 aliphatic rings. The summed E-state index contributed by atoms with van der Waals surface area (Å²) in [5.74, 6) is 0. The summed E-state index contributed by atoms with van der Waals surface area (Å²) in [6.07, 6.45) is 0. The molecule has 1 N–H and O–H groups in total.